The van der Waals surface area contributed by atoms with Crippen molar-refractivity contribution in [3.05, 3.63) is 35.9 Å². The van der Waals surface area contributed by atoms with Crippen LogP contribution in [0.5, 0.6) is 0 Å². The maximum Gasteiger partial charge on any atom is 0.0446 e. The zero-order chi connectivity index (χ0) is 12.8. The summed E-state index contributed by atoms with van der Waals surface area (Å²) in [6, 6.07) is 11.1. The van der Waals surface area contributed by atoms with Crippen LogP contribution in [0.2, 0.25) is 0 Å². The third-order valence-corrected chi connectivity index (χ3v) is 3.85. The Kier molecular flexibility index (Phi) is 5.17. The molecule has 0 saturated carbocycles. The minimum Gasteiger partial charge on any atom is -0.396 e. The Morgan fingerprint density at radius 2 is 2.06 bits per heavy atom. The van der Waals surface area contributed by atoms with Crippen molar-refractivity contribution < 1.29 is 5.11 Å². The van der Waals surface area contributed by atoms with Crippen LogP contribution in [0.15, 0.2) is 30.3 Å². The first-order valence-electron chi connectivity index (χ1n) is 6.95. The van der Waals surface area contributed by atoms with Gasteiger partial charge in [0.1, 0.15) is 0 Å². The van der Waals surface area contributed by atoms with Crippen LogP contribution in [0.25, 0.3) is 0 Å². The molecule has 1 aliphatic rings. The first-order chi connectivity index (χ1) is 8.81. The summed E-state index contributed by atoms with van der Waals surface area (Å²) in [5.41, 5.74) is 7.55. The normalized spacial score (nSPS) is 22.9. The van der Waals surface area contributed by atoms with E-state index < -0.39 is 0 Å². The highest BCUT2D eigenvalue weighted by Crippen LogP contribution is 2.22. The summed E-state index contributed by atoms with van der Waals surface area (Å²) in [5, 5.41) is 9.04. The number of rotatable bonds is 5. The van der Waals surface area contributed by atoms with Crippen LogP contribution < -0.4 is 5.73 Å². The average Bonchev–Trinajstić information content (AvgIpc) is 2.41. The highest BCUT2D eigenvalue weighted by Gasteiger charge is 2.27. The minimum absolute atomic E-state index is 0.0963. The number of aliphatic hydroxyl groups excluding tert-OH is 1. The Morgan fingerprint density at radius 1 is 1.28 bits per heavy atom. The maximum absolute atomic E-state index is 9.04. The lowest BCUT2D eigenvalue weighted by Gasteiger charge is -2.39. The Hall–Kier alpha value is -0.900. The van der Waals surface area contributed by atoms with Crippen LogP contribution in [-0.2, 0) is 6.54 Å². The number of aliphatic hydroxyl groups is 1. The lowest BCUT2D eigenvalue weighted by Crippen LogP contribution is -2.50. The number of hydrogen-bond donors (Lipinski definition) is 2. The van der Waals surface area contributed by atoms with Gasteiger partial charge in [0.25, 0.3) is 0 Å². The summed E-state index contributed by atoms with van der Waals surface area (Å²) in [6.07, 6.45) is 4.38. The summed E-state index contributed by atoms with van der Waals surface area (Å²) in [7, 11) is 0. The van der Waals surface area contributed by atoms with Gasteiger partial charge in [0.15, 0.2) is 0 Å². The highest BCUT2D eigenvalue weighted by molar-refractivity contribution is 5.14. The Bertz CT molecular complexity index is 342. The molecule has 1 aromatic rings. The van der Waals surface area contributed by atoms with Gasteiger partial charge >= 0.3 is 0 Å². The van der Waals surface area contributed by atoms with Gasteiger partial charge in [0.2, 0.25) is 0 Å². The fourth-order valence-electron chi connectivity index (χ4n) is 2.86. The molecule has 1 aliphatic heterocycles. The number of hydrogen-bond acceptors (Lipinski definition) is 3. The molecule has 0 bridgehead atoms. The Balaban J connectivity index is 1.99. The molecule has 0 spiro atoms. The van der Waals surface area contributed by atoms with Crippen LogP contribution in [0.4, 0.5) is 0 Å². The molecule has 2 atom stereocenters. The van der Waals surface area contributed by atoms with E-state index in [2.05, 4.69) is 35.2 Å². The molecule has 0 amide bonds. The molecule has 3 heteroatoms. The highest BCUT2D eigenvalue weighted by atomic mass is 16.3. The van der Waals surface area contributed by atoms with Crippen molar-refractivity contribution in [2.75, 3.05) is 13.2 Å². The molecule has 1 heterocycles. The van der Waals surface area contributed by atoms with E-state index in [-0.39, 0.29) is 12.6 Å². The predicted molar refractivity (Wildman–Crippen MR) is 74.2 cm³/mol. The number of nitrogens with two attached hydrogens (primary N) is 1. The summed E-state index contributed by atoms with van der Waals surface area (Å²) in [6.45, 7) is 2.29. The molecule has 2 rings (SSSR count). The van der Waals surface area contributed by atoms with Gasteiger partial charge in [-0.2, -0.15) is 0 Å². The van der Waals surface area contributed by atoms with Crippen molar-refractivity contribution in [1.82, 2.24) is 4.90 Å². The average molecular weight is 248 g/mol. The third-order valence-electron chi connectivity index (χ3n) is 3.85. The van der Waals surface area contributed by atoms with E-state index in [0.29, 0.717) is 12.5 Å². The van der Waals surface area contributed by atoms with Gasteiger partial charge in [-0.25, -0.2) is 0 Å². The monoisotopic (exact) mass is 248 g/mol. The van der Waals surface area contributed by atoms with Gasteiger partial charge in [0.05, 0.1) is 0 Å². The quantitative estimate of drug-likeness (QED) is 0.834. The molecule has 0 unspecified atom stereocenters. The largest absolute Gasteiger partial charge is 0.396 e. The second kappa shape index (κ2) is 6.88. The molecule has 18 heavy (non-hydrogen) atoms. The van der Waals surface area contributed by atoms with Gasteiger partial charge in [-0.15, -0.1) is 0 Å². The molecule has 1 fully saturated rings. The van der Waals surface area contributed by atoms with Crippen molar-refractivity contribution in [2.45, 2.75) is 44.3 Å². The van der Waals surface area contributed by atoms with Crippen molar-refractivity contribution in [3.63, 3.8) is 0 Å². The van der Waals surface area contributed by atoms with Crippen molar-refractivity contribution in [3.8, 4) is 0 Å². The zero-order valence-corrected chi connectivity index (χ0v) is 11.0. The van der Waals surface area contributed by atoms with E-state index in [9.17, 15) is 0 Å². The molecule has 1 aromatic carbocycles. The third kappa shape index (κ3) is 3.55. The smallest absolute Gasteiger partial charge is 0.0446 e. The zero-order valence-electron chi connectivity index (χ0n) is 11.0. The minimum atomic E-state index is 0.0963. The topological polar surface area (TPSA) is 49.5 Å². The van der Waals surface area contributed by atoms with Crippen LogP contribution in [0, 0.1) is 0 Å². The van der Waals surface area contributed by atoms with Crippen LogP contribution in [0.3, 0.4) is 0 Å². The fourth-order valence-corrected chi connectivity index (χ4v) is 2.86. The van der Waals surface area contributed by atoms with Crippen LogP contribution >= 0.6 is 0 Å². The molecular formula is C15H24N2O. The molecule has 0 radical (unpaired) electrons. The van der Waals surface area contributed by atoms with Gasteiger partial charge in [0, 0.05) is 25.2 Å². The summed E-state index contributed by atoms with van der Waals surface area (Å²) >= 11 is 0. The predicted octanol–water partition coefficient (Wildman–Crippen LogP) is 1.75. The Morgan fingerprint density at radius 3 is 2.78 bits per heavy atom. The summed E-state index contributed by atoms with van der Waals surface area (Å²) in [4.78, 5) is 2.49. The van der Waals surface area contributed by atoms with E-state index in [0.717, 1.165) is 19.5 Å². The number of benzene rings is 1. The molecule has 100 valence electrons. The van der Waals surface area contributed by atoms with Crippen molar-refractivity contribution >= 4 is 0 Å². The standard InChI is InChI=1S/C15H24N2O/c16-14(9-11-18)15-8-4-5-10-17(15)12-13-6-2-1-3-7-13/h1-3,6-7,14-15,18H,4-5,8-12,16H2/t14-,15-/m1/s1. The van der Waals surface area contributed by atoms with E-state index in [1.165, 1.54) is 18.4 Å². The molecule has 0 aromatic heterocycles. The first-order valence-corrected chi connectivity index (χ1v) is 6.95. The summed E-state index contributed by atoms with van der Waals surface area (Å²) < 4.78 is 0. The molecule has 0 aliphatic carbocycles. The molecule has 1 saturated heterocycles. The number of piperidine rings is 1. The van der Waals surface area contributed by atoms with Gasteiger partial charge < -0.3 is 10.8 Å². The van der Waals surface area contributed by atoms with E-state index in [4.69, 9.17) is 10.8 Å². The van der Waals surface area contributed by atoms with Gasteiger partial charge in [-0.1, -0.05) is 36.8 Å². The number of nitrogens with zero attached hydrogens (tertiary/aromatic N) is 1. The van der Waals surface area contributed by atoms with Crippen LogP contribution in [0.1, 0.15) is 31.2 Å². The second-order valence-electron chi connectivity index (χ2n) is 5.20. The number of likely N-dealkylation sites (tertiary alicyclic amines) is 1. The SMILES string of the molecule is N[C@H](CCO)[C@H]1CCCCN1Cc1ccccc1. The fraction of sp³-hybridized carbons (Fsp3) is 0.600. The maximum atomic E-state index is 9.04. The lowest BCUT2D eigenvalue weighted by atomic mass is 9.94. The summed E-state index contributed by atoms with van der Waals surface area (Å²) in [5.74, 6) is 0. The molecule has 3 nitrogen and oxygen atoms in total. The van der Waals surface area contributed by atoms with Gasteiger partial charge in [-0.3, -0.25) is 4.90 Å². The van der Waals surface area contributed by atoms with E-state index in [1.54, 1.807) is 0 Å². The second-order valence-corrected chi connectivity index (χ2v) is 5.20. The lowest BCUT2D eigenvalue weighted by molar-refractivity contribution is 0.108. The Labute approximate surface area is 110 Å². The van der Waals surface area contributed by atoms with Gasteiger partial charge in [-0.05, 0) is 31.4 Å². The van der Waals surface area contributed by atoms with E-state index >= 15 is 0 Å². The first kappa shape index (κ1) is 13.5. The van der Waals surface area contributed by atoms with Crippen molar-refractivity contribution in [2.24, 2.45) is 5.73 Å². The molecule has 3 N–H and O–H groups in total. The van der Waals surface area contributed by atoms with Crippen molar-refractivity contribution in [1.29, 1.82) is 0 Å². The van der Waals surface area contributed by atoms with Crippen LogP contribution in [-0.4, -0.2) is 35.2 Å². The molecular weight excluding hydrogens is 224 g/mol. The van der Waals surface area contributed by atoms with E-state index in [1.807, 2.05) is 0 Å².